The fourth-order valence-electron chi connectivity index (χ4n) is 3.13. The van der Waals surface area contributed by atoms with Crippen LogP contribution in [0, 0.1) is 6.92 Å². The highest BCUT2D eigenvalue weighted by atomic mass is 32.1. The van der Waals surface area contributed by atoms with Gasteiger partial charge in [0.25, 0.3) is 5.91 Å². The summed E-state index contributed by atoms with van der Waals surface area (Å²) in [5.74, 6) is -0.655. The molecule has 1 aromatic carbocycles. The predicted octanol–water partition coefficient (Wildman–Crippen LogP) is 2.12. The highest BCUT2D eigenvalue weighted by Crippen LogP contribution is 2.19. The van der Waals surface area contributed by atoms with Gasteiger partial charge >= 0.3 is 10.8 Å². The van der Waals surface area contributed by atoms with Crippen LogP contribution in [0.4, 0.5) is 0 Å². The monoisotopic (exact) mass is 374 g/mol. The van der Waals surface area contributed by atoms with Crippen molar-refractivity contribution in [1.29, 1.82) is 0 Å². The minimum atomic E-state index is -0.826. The van der Waals surface area contributed by atoms with Crippen molar-refractivity contribution in [3.63, 3.8) is 0 Å². The van der Waals surface area contributed by atoms with Gasteiger partial charge in [0.15, 0.2) is 6.10 Å². The molecule has 1 atom stereocenters. The topological polar surface area (TPSA) is 68.6 Å². The smallest absolute Gasteiger partial charge is 0.308 e. The largest absolute Gasteiger partial charge is 0.452 e. The molecule has 1 aliphatic rings. The molecule has 0 bridgehead atoms. The molecule has 0 aliphatic carbocycles. The van der Waals surface area contributed by atoms with E-state index in [1.165, 1.54) is 5.56 Å². The third-order valence-corrected chi connectivity index (χ3v) is 5.50. The van der Waals surface area contributed by atoms with Crippen LogP contribution in [-0.2, 0) is 33.8 Å². The molecule has 0 saturated carbocycles. The van der Waals surface area contributed by atoms with Gasteiger partial charge in [-0.25, -0.2) is 0 Å². The molecule has 26 heavy (non-hydrogen) atoms. The summed E-state index contributed by atoms with van der Waals surface area (Å²) in [6, 6.07) is 8.06. The maximum atomic E-state index is 12.6. The molecule has 1 aromatic heterocycles. The Kier molecular flexibility index (Phi) is 5.56. The van der Waals surface area contributed by atoms with E-state index in [1.54, 1.807) is 21.8 Å². The Morgan fingerprint density at radius 1 is 1.27 bits per heavy atom. The number of nitrogens with zero attached hydrogens (tertiary/aromatic N) is 2. The SMILES string of the molecule is Cc1csc(=O)n1CCC(=O)OC(C)C(=O)N1CCc2ccccc2C1. The Balaban J connectivity index is 1.53. The molecule has 0 N–H and O–H groups in total. The van der Waals surface area contributed by atoms with E-state index in [0.29, 0.717) is 13.1 Å². The predicted molar refractivity (Wildman–Crippen MR) is 99.1 cm³/mol. The van der Waals surface area contributed by atoms with Crippen molar-refractivity contribution < 1.29 is 14.3 Å². The van der Waals surface area contributed by atoms with Gasteiger partial charge in [-0.05, 0) is 31.4 Å². The molecule has 2 heterocycles. The zero-order valence-corrected chi connectivity index (χ0v) is 15.8. The van der Waals surface area contributed by atoms with Gasteiger partial charge in [-0.2, -0.15) is 0 Å². The molecule has 1 amide bonds. The van der Waals surface area contributed by atoms with Gasteiger partial charge < -0.3 is 14.2 Å². The minimum absolute atomic E-state index is 0.0674. The Morgan fingerprint density at radius 3 is 2.69 bits per heavy atom. The Labute approximate surface area is 156 Å². The minimum Gasteiger partial charge on any atom is -0.452 e. The Hall–Kier alpha value is -2.41. The first-order valence-electron chi connectivity index (χ1n) is 8.65. The standard InChI is InChI=1S/C19H22N2O4S/c1-13-12-26-19(24)21(13)10-8-17(22)25-14(2)18(23)20-9-7-15-5-3-4-6-16(15)11-20/h3-6,12,14H,7-11H2,1-2H3. The second kappa shape index (κ2) is 7.86. The second-order valence-electron chi connectivity index (χ2n) is 6.46. The maximum absolute atomic E-state index is 12.6. The molecule has 7 heteroatoms. The lowest BCUT2D eigenvalue weighted by Gasteiger charge is -2.30. The average Bonchev–Trinajstić information content (AvgIpc) is 2.96. The summed E-state index contributed by atoms with van der Waals surface area (Å²) >= 11 is 1.11. The van der Waals surface area contributed by atoms with E-state index in [1.807, 2.05) is 25.1 Å². The molecule has 0 spiro atoms. The number of carbonyl (C=O) groups is 2. The summed E-state index contributed by atoms with van der Waals surface area (Å²) in [5.41, 5.74) is 3.22. The van der Waals surface area contributed by atoms with Crippen LogP contribution in [0.3, 0.4) is 0 Å². The summed E-state index contributed by atoms with van der Waals surface area (Å²) in [7, 11) is 0. The molecule has 1 unspecified atom stereocenters. The number of aromatic nitrogens is 1. The van der Waals surface area contributed by atoms with Crippen molar-refractivity contribution in [2.75, 3.05) is 6.54 Å². The van der Waals surface area contributed by atoms with Crippen LogP contribution in [0.5, 0.6) is 0 Å². The van der Waals surface area contributed by atoms with E-state index in [2.05, 4.69) is 6.07 Å². The quantitative estimate of drug-likeness (QED) is 0.752. The first-order chi connectivity index (χ1) is 12.5. The van der Waals surface area contributed by atoms with Crippen molar-refractivity contribution >= 4 is 23.2 Å². The van der Waals surface area contributed by atoms with Crippen molar-refractivity contribution in [3.05, 3.63) is 56.1 Å². The van der Waals surface area contributed by atoms with Crippen molar-refractivity contribution in [2.24, 2.45) is 0 Å². The summed E-state index contributed by atoms with van der Waals surface area (Å²) in [6.07, 6.45) is 0.0500. The van der Waals surface area contributed by atoms with Crippen LogP contribution in [0.2, 0.25) is 0 Å². The number of fused-ring (bicyclic) bond motifs is 1. The summed E-state index contributed by atoms with van der Waals surface area (Å²) in [5, 5.41) is 1.76. The normalized spacial score (nSPS) is 14.6. The molecule has 1 aliphatic heterocycles. The van der Waals surface area contributed by atoms with Gasteiger partial charge in [0, 0.05) is 30.7 Å². The third-order valence-electron chi connectivity index (χ3n) is 4.61. The van der Waals surface area contributed by atoms with Crippen LogP contribution in [0.15, 0.2) is 34.4 Å². The van der Waals surface area contributed by atoms with E-state index in [0.717, 1.165) is 29.0 Å². The number of thiazole rings is 1. The lowest BCUT2D eigenvalue weighted by Crippen LogP contribution is -2.42. The van der Waals surface area contributed by atoms with E-state index in [9.17, 15) is 14.4 Å². The summed E-state index contributed by atoms with van der Waals surface area (Å²) in [4.78, 5) is 37.9. The van der Waals surface area contributed by atoms with Crippen LogP contribution in [0.1, 0.15) is 30.2 Å². The first kappa shape index (κ1) is 18.4. The van der Waals surface area contributed by atoms with E-state index in [4.69, 9.17) is 4.74 Å². The molecular weight excluding hydrogens is 352 g/mol. The number of aryl methyl sites for hydroxylation is 1. The van der Waals surface area contributed by atoms with Crippen molar-refractivity contribution in [2.45, 2.75) is 45.9 Å². The van der Waals surface area contributed by atoms with E-state index >= 15 is 0 Å². The number of hydrogen-bond donors (Lipinski definition) is 0. The molecule has 2 aromatic rings. The zero-order valence-electron chi connectivity index (χ0n) is 14.9. The third kappa shape index (κ3) is 4.04. The number of ether oxygens (including phenoxy) is 1. The molecule has 0 fully saturated rings. The fraction of sp³-hybridized carbons (Fsp3) is 0.421. The van der Waals surface area contributed by atoms with Gasteiger partial charge in [0.05, 0.1) is 6.42 Å². The number of esters is 1. The highest BCUT2D eigenvalue weighted by molar-refractivity contribution is 7.07. The number of hydrogen-bond acceptors (Lipinski definition) is 5. The number of benzene rings is 1. The van der Waals surface area contributed by atoms with Crippen LogP contribution >= 0.6 is 11.3 Å². The summed E-state index contributed by atoms with van der Waals surface area (Å²) < 4.78 is 6.83. The van der Waals surface area contributed by atoms with Crippen molar-refractivity contribution in [3.8, 4) is 0 Å². The number of rotatable bonds is 5. The lowest BCUT2D eigenvalue weighted by molar-refractivity contribution is -0.159. The summed E-state index contributed by atoms with van der Waals surface area (Å²) in [6.45, 7) is 4.86. The molecular formula is C19H22N2O4S. The highest BCUT2D eigenvalue weighted by Gasteiger charge is 2.26. The van der Waals surface area contributed by atoms with Gasteiger partial charge in [0.1, 0.15) is 0 Å². The molecule has 3 rings (SSSR count). The lowest BCUT2D eigenvalue weighted by atomic mass is 9.99. The number of carbonyl (C=O) groups excluding carboxylic acids is 2. The van der Waals surface area contributed by atoms with Gasteiger partial charge in [0.2, 0.25) is 0 Å². The van der Waals surface area contributed by atoms with Crippen LogP contribution in [0.25, 0.3) is 0 Å². The van der Waals surface area contributed by atoms with Gasteiger partial charge in [-0.1, -0.05) is 35.6 Å². The Morgan fingerprint density at radius 2 is 2.00 bits per heavy atom. The average molecular weight is 374 g/mol. The molecule has 6 nitrogen and oxygen atoms in total. The Bertz CT molecular complexity index is 870. The van der Waals surface area contributed by atoms with E-state index < -0.39 is 12.1 Å². The van der Waals surface area contributed by atoms with E-state index in [-0.39, 0.29) is 23.7 Å². The van der Waals surface area contributed by atoms with Gasteiger partial charge in [-0.3, -0.25) is 14.4 Å². The fourth-order valence-corrected chi connectivity index (χ4v) is 3.89. The maximum Gasteiger partial charge on any atom is 0.308 e. The van der Waals surface area contributed by atoms with Gasteiger partial charge in [-0.15, -0.1) is 0 Å². The number of amides is 1. The molecule has 0 saturated heterocycles. The van der Waals surface area contributed by atoms with Crippen LogP contribution in [-0.4, -0.2) is 34.0 Å². The van der Waals surface area contributed by atoms with Crippen molar-refractivity contribution in [1.82, 2.24) is 9.47 Å². The van der Waals surface area contributed by atoms with Crippen LogP contribution < -0.4 is 4.87 Å². The molecule has 0 radical (unpaired) electrons. The molecule has 138 valence electrons. The zero-order chi connectivity index (χ0) is 18.7. The first-order valence-corrected chi connectivity index (χ1v) is 9.53. The second-order valence-corrected chi connectivity index (χ2v) is 7.28.